The molecule has 8 heteroatoms. The summed E-state index contributed by atoms with van der Waals surface area (Å²) in [4.78, 5) is 17.6. The van der Waals surface area contributed by atoms with Crippen LogP contribution in [-0.4, -0.2) is 34.6 Å². The van der Waals surface area contributed by atoms with Crippen molar-refractivity contribution in [2.75, 3.05) is 24.8 Å². The summed E-state index contributed by atoms with van der Waals surface area (Å²) in [5.41, 5.74) is 5.15. The lowest BCUT2D eigenvalue weighted by Crippen LogP contribution is -2.19. The van der Waals surface area contributed by atoms with Gasteiger partial charge < -0.3 is 15.8 Å². The number of hydrogen-bond acceptors (Lipinski definition) is 7. The fourth-order valence-corrected chi connectivity index (χ4v) is 1.28. The molecule has 0 fully saturated rings. The average molecular weight is 241 g/mol. The molecule has 0 saturated heterocycles. The summed E-state index contributed by atoms with van der Waals surface area (Å²) in [6.07, 6.45) is 1.89. The van der Waals surface area contributed by atoms with Crippen molar-refractivity contribution in [1.82, 2.24) is 9.97 Å². The van der Waals surface area contributed by atoms with Gasteiger partial charge in [-0.3, -0.25) is 10.1 Å². The van der Waals surface area contributed by atoms with Crippen molar-refractivity contribution in [3.63, 3.8) is 0 Å². The largest absolute Gasteiger partial charge is 0.385 e. The van der Waals surface area contributed by atoms with E-state index in [2.05, 4.69) is 15.3 Å². The maximum Gasteiger partial charge on any atom is 0.352 e. The molecule has 8 nitrogen and oxygen atoms in total. The van der Waals surface area contributed by atoms with Crippen LogP contribution in [0.2, 0.25) is 0 Å². The zero-order chi connectivity index (χ0) is 12.8. The van der Waals surface area contributed by atoms with Crippen LogP contribution in [0.3, 0.4) is 0 Å². The van der Waals surface area contributed by atoms with E-state index in [0.717, 1.165) is 0 Å². The number of nitrogen functional groups attached to an aromatic ring is 1. The highest BCUT2D eigenvalue weighted by atomic mass is 16.6. The normalized spacial score (nSPS) is 12.1. The highest BCUT2D eigenvalue weighted by Gasteiger charge is 2.21. The molecular formula is C9H15N5O3. The van der Waals surface area contributed by atoms with Crippen LogP contribution in [0.4, 0.5) is 17.3 Å². The minimum atomic E-state index is -0.597. The van der Waals surface area contributed by atoms with E-state index >= 15 is 0 Å². The molecule has 1 aromatic heterocycles. The third-order valence-corrected chi connectivity index (χ3v) is 2.17. The van der Waals surface area contributed by atoms with Crippen LogP contribution in [0.25, 0.3) is 0 Å². The van der Waals surface area contributed by atoms with Gasteiger partial charge in [-0.1, -0.05) is 0 Å². The molecule has 94 valence electrons. The van der Waals surface area contributed by atoms with Gasteiger partial charge in [0.25, 0.3) is 0 Å². The van der Waals surface area contributed by atoms with Crippen LogP contribution in [-0.2, 0) is 4.74 Å². The van der Waals surface area contributed by atoms with Crippen LogP contribution in [0.5, 0.6) is 0 Å². The Kier molecular flexibility index (Phi) is 4.58. The number of nitro groups is 1. The average Bonchev–Trinajstić information content (AvgIpc) is 2.25. The molecule has 1 rings (SSSR count). The Morgan fingerprint density at radius 1 is 1.65 bits per heavy atom. The number of ether oxygens (including phenoxy) is 1. The lowest BCUT2D eigenvalue weighted by atomic mass is 10.2. The molecular weight excluding hydrogens is 226 g/mol. The van der Waals surface area contributed by atoms with Gasteiger partial charge in [-0.15, -0.1) is 0 Å². The maximum absolute atomic E-state index is 10.8. The molecule has 1 heterocycles. The van der Waals surface area contributed by atoms with Gasteiger partial charge in [0, 0.05) is 19.8 Å². The Balaban J connectivity index is 2.83. The number of nitrogens with one attached hydrogen (secondary N) is 1. The zero-order valence-corrected chi connectivity index (χ0v) is 9.71. The van der Waals surface area contributed by atoms with E-state index in [1.54, 1.807) is 7.11 Å². The third-order valence-electron chi connectivity index (χ3n) is 2.17. The van der Waals surface area contributed by atoms with E-state index in [4.69, 9.17) is 10.5 Å². The predicted molar refractivity (Wildman–Crippen MR) is 62.7 cm³/mol. The SMILES string of the molecule is COCCC(C)Nc1ncnc(N)c1[N+](=O)[O-]. The number of methoxy groups -OCH3 is 1. The maximum atomic E-state index is 10.8. The van der Waals surface area contributed by atoms with Gasteiger partial charge in [-0.05, 0) is 13.3 Å². The quantitative estimate of drug-likeness (QED) is 0.559. The van der Waals surface area contributed by atoms with Crippen molar-refractivity contribution in [2.45, 2.75) is 19.4 Å². The first-order valence-electron chi connectivity index (χ1n) is 5.06. The van der Waals surface area contributed by atoms with Crippen LogP contribution in [0, 0.1) is 10.1 Å². The Labute approximate surface area is 98.4 Å². The Morgan fingerprint density at radius 2 is 2.35 bits per heavy atom. The lowest BCUT2D eigenvalue weighted by molar-refractivity contribution is -0.383. The molecule has 0 aromatic carbocycles. The van der Waals surface area contributed by atoms with E-state index < -0.39 is 4.92 Å². The zero-order valence-electron chi connectivity index (χ0n) is 9.71. The minimum absolute atomic E-state index is 0.0112. The first-order valence-corrected chi connectivity index (χ1v) is 5.06. The molecule has 0 spiro atoms. The lowest BCUT2D eigenvalue weighted by Gasteiger charge is -2.13. The molecule has 3 N–H and O–H groups in total. The molecule has 0 aliphatic carbocycles. The monoisotopic (exact) mass is 241 g/mol. The van der Waals surface area contributed by atoms with E-state index in [1.807, 2.05) is 6.92 Å². The molecule has 0 saturated carbocycles. The molecule has 0 radical (unpaired) electrons. The fraction of sp³-hybridized carbons (Fsp3) is 0.556. The molecule has 0 aliphatic rings. The van der Waals surface area contributed by atoms with Crippen molar-refractivity contribution in [3.05, 3.63) is 16.4 Å². The fourth-order valence-electron chi connectivity index (χ4n) is 1.28. The van der Waals surface area contributed by atoms with Crippen LogP contribution < -0.4 is 11.1 Å². The molecule has 1 atom stereocenters. The first-order chi connectivity index (χ1) is 8.06. The van der Waals surface area contributed by atoms with E-state index in [0.29, 0.717) is 13.0 Å². The number of rotatable bonds is 6. The van der Waals surface area contributed by atoms with Crippen molar-refractivity contribution in [2.24, 2.45) is 0 Å². The summed E-state index contributed by atoms with van der Waals surface area (Å²) in [7, 11) is 1.60. The van der Waals surface area contributed by atoms with Crippen LogP contribution in [0.15, 0.2) is 6.33 Å². The number of nitrogens with zero attached hydrogens (tertiary/aromatic N) is 3. The van der Waals surface area contributed by atoms with Crippen LogP contribution in [0.1, 0.15) is 13.3 Å². The first kappa shape index (κ1) is 13.1. The van der Waals surface area contributed by atoms with Gasteiger partial charge in [0.15, 0.2) is 0 Å². The van der Waals surface area contributed by atoms with Gasteiger partial charge in [-0.2, -0.15) is 0 Å². The summed E-state index contributed by atoms with van der Waals surface area (Å²) >= 11 is 0. The highest BCUT2D eigenvalue weighted by Crippen LogP contribution is 2.26. The predicted octanol–water partition coefficient (Wildman–Crippen LogP) is 0.804. The smallest absolute Gasteiger partial charge is 0.352 e. The minimum Gasteiger partial charge on any atom is -0.385 e. The molecule has 1 aromatic rings. The molecule has 17 heavy (non-hydrogen) atoms. The van der Waals surface area contributed by atoms with E-state index in [-0.39, 0.29) is 23.4 Å². The van der Waals surface area contributed by atoms with Crippen molar-refractivity contribution in [1.29, 1.82) is 0 Å². The second-order valence-electron chi connectivity index (χ2n) is 3.54. The van der Waals surface area contributed by atoms with Crippen molar-refractivity contribution >= 4 is 17.3 Å². The van der Waals surface area contributed by atoms with E-state index in [1.165, 1.54) is 6.33 Å². The standard InChI is InChI=1S/C9H15N5O3/c1-6(3-4-17-2)13-9-7(14(15)16)8(10)11-5-12-9/h5-6H,3-4H2,1-2H3,(H3,10,11,12,13). The Morgan fingerprint density at radius 3 is 2.94 bits per heavy atom. The second-order valence-corrected chi connectivity index (χ2v) is 3.54. The van der Waals surface area contributed by atoms with Gasteiger partial charge in [0.2, 0.25) is 11.6 Å². The number of aromatic nitrogens is 2. The van der Waals surface area contributed by atoms with Crippen molar-refractivity contribution < 1.29 is 9.66 Å². The van der Waals surface area contributed by atoms with Gasteiger partial charge in [0.05, 0.1) is 4.92 Å². The summed E-state index contributed by atoms with van der Waals surface area (Å²) in [5, 5.41) is 13.7. The molecule has 0 amide bonds. The van der Waals surface area contributed by atoms with Crippen molar-refractivity contribution in [3.8, 4) is 0 Å². The van der Waals surface area contributed by atoms with E-state index in [9.17, 15) is 10.1 Å². The van der Waals surface area contributed by atoms with Gasteiger partial charge >= 0.3 is 5.69 Å². The summed E-state index contributed by atoms with van der Waals surface area (Å²) in [5.74, 6) is -0.0162. The summed E-state index contributed by atoms with van der Waals surface area (Å²) in [6, 6.07) is -0.0112. The Bertz CT molecular complexity index is 398. The molecule has 0 bridgehead atoms. The third kappa shape index (κ3) is 3.52. The summed E-state index contributed by atoms with van der Waals surface area (Å²) < 4.78 is 4.92. The molecule has 1 unspecified atom stereocenters. The Hall–Kier alpha value is -1.96. The second kappa shape index (κ2) is 5.94. The topological polar surface area (TPSA) is 116 Å². The van der Waals surface area contributed by atoms with Gasteiger partial charge in [0.1, 0.15) is 6.33 Å². The number of hydrogen-bond donors (Lipinski definition) is 2. The van der Waals surface area contributed by atoms with Crippen LogP contribution >= 0.6 is 0 Å². The molecule has 0 aliphatic heterocycles. The highest BCUT2D eigenvalue weighted by molar-refractivity contribution is 5.67. The van der Waals surface area contributed by atoms with Gasteiger partial charge in [-0.25, -0.2) is 9.97 Å². The number of anilines is 2. The summed E-state index contributed by atoms with van der Waals surface area (Å²) in [6.45, 7) is 2.43. The number of nitrogens with two attached hydrogens (primary N) is 1.